The maximum atomic E-state index is 11.7. The van der Waals surface area contributed by atoms with Gasteiger partial charge in [-0.1, -0.05) is 5.16 Å². The minimum atomic E-state index is -0.312. The van der Waals surface area contributed by atoms with E-state index in [0.717, 1.165) is 9.35 Å². The molecule has 0 saturated carbocycles. The van der Waals surface area contributed by atoms with Crippen molar-refractivity contribution in [2.45, 2.75) is 19.9 Å². The third-order valence-corrected chi connectivity index (χ3v) is 3.81. The number of carbonyl (C=O) groups excluding carboxylic acids is 1. The number of aromatic nitrogens is 2. The second-order valence-corrected chi connectivity index (χ2v) is 6.22. The zero-order valence-corrected chi connectivity index (χ0v) is 12.8. The van der Waals surface area contributed by atoms with Crippen LogP contribution in [0.2, 0.25) is 0 Å². The fourth-order valence-electron chi connectivity index (χ4n) is 1.39. The Morgan fingerprint density at radius 2 is 2.42 bits per heavy atom. The first-order chi connectivity index (χ1) is 9.04. The number of hydrogen-bond donors (Lipinski definition) is 1. The maximum absolute atomic E-state index is 11.7. The van der Waals surface area contributed by atoms with Crippen molar-refractivity contribution >= 4 is 39.2 Å². The molecule has 0 bridgehead atoms. The summed E-state index contributed by atoms with van der Waals surface area (Å²) in [6.45, 7) is 3.52. The van der Waals surface area contributed by atoms with E-state index in [1.807, 2.05) is 11.4 Å². The first-order valence-electron chi connectivity index (χ1n) is 5.57. The molecule has 1 N–H and O–H groups in total. The molecule has 2 aromatic heterocycles. The van der Waals surface area contributed by atoms with Crippen molar-refractivity contribution < 1.29 is 9.32 Å². The summed E-state index contributed by atoms with van der Waals surface area (Å²) in [6, 6.07) is 1.63. The molecule has 2 rings (SSSR count). The highest BCUT2D eigenvalue weighted by Crippen LogP contribution is 2.21. The van der Waals surface area contributed by atoms with Gasteiger partial charge in [-0.3, -0.25) is 4.79 Å². The third kappa shape index (κ3) is 4.00. The predicted molar refractivity (Wildman–Crippen MR) is 76.6 cm³/mol. The summed E-state index contributed by atoms with van der Waals surface area (Å²) in [5, 5.41) is 8.40. The van der Waals surface area contributed by atoms with E-state index in [-0.39, 0.29) is 11.9 Å². The van der Waals surface area contributed by atoms with Crippen LogP contribution in [0.1, 0.15) is 30.2 Å². The standard InChI is InChI=1S/C12H12BrN3O2S/c1-7(12-15-8(2)16-18-12)14-11(17)4-3-9-5-10(13)19-6-9/h3-7H,1-2H3,(H,14,17)/b4-3+/t7-/m0/s1. The van der Waals surface area contributed by atoms with Crippen molar-refractivity contribution in [3.8, 4) is 0 Å². The van der Waals surface area contributed by atoms with Gasteiger partial charge in [0.2, 0.25) is 11.8 Å². The average Bonchev–Trinajstić information content (AvgIpc) is 2.95. The molecule has 0 aliphatic rings. The molecule has 0 fully saturated rings. The van der Waals surface area contributed by atoms with E-state index in [2.05, 4.69) is 31.4 Å². The lowest BCUT2D eigenvalue weighted by Gasteiger charge is -2.06. The van der Waals surface area contributed by atoms with Gasteiger partial charge in [-0.15, -0.1) is 11.3 Å². The van der Waals surface area contributed by atoms with Crippen LogP contribution >= 0.6 is 27.3 Å². The number of aryl methyl sites for hydroxylation is 1. The fraction of sp³-hybridized carbons (Fsp3) is 0.250. The van der Waals surface area contributed by atoms with Gasteiger partial charge in [0, 0.05) is 6.08 Å². The quantitative estimate of drug-likeness (QED) is 0.867. The molecule has 19 heavy (non-hydrogen) atoms. The summed E-state index contributed by atoms with van der Waals surface area (Å²) in [6.07, 6.45) is 3.23. The summed E-state index contributed by atoms with van der Waals surface area (Å²) >= 11 is 4.94. The fourth-order valence-corrected chi connectivity index (χ4v) is 2.54. The molecule has 2 heterocycles. The van der Waals surface area contributed by atoms with Crippen molar-refractivity contribution in [3.63, 3.8) is 0 Å². The van der Waals surface area contributed by atoms with E-state index in [1.54, 1.807) is 31.3 Å². The summed E-state index contributed by atoms with van der Waals surface area (Å²) in [7, 11) is 0. The molecule has 0 aliphatic heterocycles. The monoisotopic (exact) mass is 341 g/mol. The molecule has 0 saturated heterocycles. The Morgan fingerprint density at radius 1 is 1.63 bits per heavy atom. The molecule has 0 unspecified atom stereocenters. The minimum Gasteiger partial charge on any atom is -0.341 e. The molecule has 7 heteroatoms. The highest BCUT2D eigenvalue weighted by Gasteiger charge is 2.13. The maximum Gasteiger partial charge on any atom is 0.248 e. The molecule has 5 nitrogen and oxygen atoms in total. The molecule has 0 radical (unpaired) electrons. The van der Waals surface area contributed by atoms with E-state index in [9.17, 15) is 4.79 Å². The van der Waals surface area contributed by atoms with Crippen LogP contribution in [0, 0.1) is 6.92 Å². The van der Waals surface area contributed by atoms with Crippen LogP contribution in [-0.4, -0.2) is 16.0 Å². The van der Waals surface area contributed by atoms with E-state index < -0.39 is 0 Å². The van der Waals surface area contributed by atoms with Gasteiger partial charge >= 0.3 is 0 Å². The SMILES string of the molecule is Cc1noc([C@H](C)NC(=O)/C=C/c2csc(Br)c2)n1. The number of carbonyl (C=O) groups is 1. The number of nitrogens with zero attached hydrogens (tertiary/aromatic N) is 2. The van der Waals surface area contributed by atoms with Crippen molar-refractivity contribution in [2.75, 3.05) is 0 Å². The van der Waals surface area contributed by atoms with Crippen molar-refractivity contribution in [1.29, 1.82) is 0 Å². The Bertz CT molecular complexity index is 606. The number of rotatable bonds is 4. The van der Waals surface area contributed by atoms with Gasteiger partial charge in [0.1, 0.15) is 6.04 Å². The molecule has 0 spiro atoms. The summed E-state index contributed by atoms with van der Waals surface area (Å²) < 4.78 is 6.02. The van der Waals surface area contributed by atoms with Crippen LogP contribution in [0.25, 0.3) is 6.08 Å². The van der Waals surface area contributed by atoms with Gasteiger partial charge in [-0.25, -0.2) is 0 Å². The van der Waals surface area contributed by atoms with Crippen LogP contribution in [-0.2, 0) is 4.79 Å². The van der Waals surface area contributed by atoms with Gasteiger partial charge in [-0.05, 0) is 52.9 Å². The zero-order chi connectivity index (χ0) is 13.8. The average molecular weight is 342 g/mol. The topological polar surface area (TPSA) is 68.0 Å². The van der Waals surface area contributed by atoms with Gasteiger partial charge < -0.3 is 9.84 Å². The second-order valence-electron chi connectivity index (χ2n) is 3.93. The first-order valence-corrected chi connectivity index (χ1v) is 7.24. The summed E-state index contributed by atoms with van der Waals surface area (Å²) in [4.78, 5) is 15.8. The Hall–Kier alpha value is -1.47. The number of amides is 1. The van der Waals surface area contributed by atoms with Crippen molar-refractivity contribution in [3.05, 3.63) is 38.6 Å². The van der Waals surface area contributed by atoms with E-state index in [4.69, 9.17) is 4.52 Å². The number of nitrogens with one attached hydrogen (secondary N) is 1. The molecular formula is C12H12BrN3O2S. The van der Waals surface area contributed by atoms with Crippen LogP contribution in [0.15, 0.2) is 25.8 Å². The molecule has 2 aromatic rings. The third-order valence-electron chi connectivity index (χ3n) is 2.29. The van der Waals surface area contributed by atoms with E-state index >= 15 is 0 Å². The largest absolute Gasteiger partial charge is 0.341 e. The Kier molecular flexibility index (Phi) is 4.49. The molecule has 100 valence electrons. The van der Waals surface area contributed by atoms with Crippen molar-refractivity contribution in [2.24, 2.45) is 0 Å². The van der Waals surface area contributed by atoms with E-state index in [1.165, 1.54) is 6.08 Å². The van der Waals surface area contributed by atoms with Gasteiger partial charge in [0.05, 0.1) is 3.79 Å². The Balaban J connectivity index is 1.92. The van der Waals surface area contributed by atoms with E-state index in [0.29, 0.717) is 11.7 Å². The summed E-state index contributed by atoms with van der Waals surface area (Å²) in [5.74, 6) is 0.748. The van der Waals surface area contributed by atoms with Crippen LogP contribution in [0.4, 0.5) is 0 Å². The molecule has 0 aliphatic carbocycles. The van der Waals surface area contributed by atoms with Crippen LogP contribution in [0.5, 0.6) is 0 Å². The lowest BCUT2D eigenvalue weighted by atomic mass is 10.3. The Morgan fingerprint density at radius 3 is 3.00 bits per heavy atom. The Labute approximate surface area is 122 Å². The lowest BCUT2D eigenvalue weighted by molar-refractivity contribution is -0.117. The molecule has 1 atom stereocenters. The lowest BCUT2D eigenvalue weighted by Crippen LogP contribution is -2.24. The zero-order valence-electron chi connectivity index (χ0n) is 10.4. The molecule has 0 aromatic carbocycles. The minimum absolute atomic E-state index is 0.203. The van der Waals surface area contributed by atoms with Gasteiger partial charge in [0.25, 0.3) is 0 Å². The highest BCUT2D eigenvalue weighted by atomic mass is 79.9. The number of halogens is 1. The smallest absolute Gasteiger partial charge is 0.248 e. The summed E-state index contributed by atoms with van der Waals surface area (Å²) in [5.41, 5.74) is 0.980. The second kappa shape index (κ2) is 6.12. The van der Waals surface area contributed by atoms with Crippen LogP contribution < -0.4 is 5.32 Å². The van der Waals surface area contributed by atoms with Gasteiger partial charge in [-0.2, -0.15) is 4.98 Å². The normalized spacial score (nSPS) is 12.8. The number of thiophene rings is 1. The molecule has 1 amide bonds. The number of hydrogen-bond acceptors (Lipinski definition) is 5. The molecular weight excluding hydrogens is 330 g/mol. The predicted octanol–water partition coefficient (Wildman–Crippen LogP) is 3.09. The van der Waals surface area contributed by atoms with Gasteiger partial charge in [0.15, 0.2) is 5.82 Å². The van der Waals surface area contributed by atoms with Crippen molar-refractivity contribution in [1.82, 2.24) is 15.5 Å². The first kappa shape index (κ1) is 14.0. The van der Waals surface area contributed by atoms with Crippen LogP contribution in [0.3, 0.4) is 0 Å². The highest BCUT2D eigenvalue weighted by molar-refractivity contribution is 9.11.